The zero-order valence-corrected chi connectivity index (χ0v) is 19.0. The van der Waals surface area contributed by atoms with Crippen molar-refractivity contribution in [2.45, 2.75) is 32.2 Å². The first-order valence-corrected chi connectivity index (χ1v) is 10.5. The maximum atomic E-state index is 13.4. The van der Waals surface area contributed by atoms with Crippen LogP contribution in [0, 0.1) is 6.92 Å². The first kappa shape index (κ1) is 21.7. The van der Waals surface area contributed by atoms with Gasteiger partial charge in [-0.05, 0) is 37.5 Å². The van der Waals surface area contributed by atoms with Gasteiger partial charge in [0.2, 0.25) is 11.7 Å². The molecule has 4 rings (SSSR count). The van der Waals surface area contributed by atoms with Crippen LogP contribution in [0.15, 0.2) is 28.9 Å². The van der Waals surface area contributed by atoms with E-state index in [0.717, 1.165) is 35.4 Å². The van der Waals surface area contributed by atoms with E-state index in [0.29, 0.717) is 29.6 Å². The summed E-state index contributed by atoms with van der Waals surface area (Å²) in [7, 11) is 6.55. The van der Waals surface area contributed by atoms with Gasteiger partial charge >= 0.3 is 0 Å². The normalized spacial score (nSPS) is 15.8. The zero-order valence-electron chi connectivity index (χ0n) is 19.0. The highest BCUT2D eigenvalue weighted by atomic mass is 16.5. The first-order valence-electron chi connectivity index (χ1n) is 10.5. The van der Waals surface area contributed by atoms with E-state index in [-0.39, 0.29) is 18.4 Å². The second-order valence-electron chi connectivity index (χ2n) is 7.89. The third kappa shape index (κ3) is 4.02. The van der Waals surface area contributed by atoms with E-state index in [1.807, 2.05) is 43.3 Å². The Bertz CT molecular complexity index is 1090. The monoisotopic (exact) mass is 440 g/mol. The van der Waals surface area contributed by atoms with Gasteiger partial charge in [-0.15, -0.1) is 0 Å². The van der Waals surface area contributed by atoms with E-state index in [1.165, 1.54) is 0 Å². The van der Waals surface area contributed by atoms with Crippen LogP contribution >= 0.6 is 0 Å². The summed E-state index contributed by atoms with van der Waals surface area (Å²) < 4.78 is 23.5. The Morgan fingerprint density at radius 3 is 2.47 bits per heavy atom. The van der Waals surface area contributed by atoms with Crippen LogP contribution in [0.25, 0.3) is 11.3 Å². The number of nitrogens with zero attached hydrogens (tertiary/aromatic N) is 4. The molecule has 1 atom stereocenters. The lowest BCUT2D eigenvalue weighted by atomic mass is 10.0. The fraction of sp³-hybridized carbons (Fsp3) is 0.435. The molecular weight excluding hydrogens is 412 g/mol. The Hall–Kier alpha value is -3.49. The Morgan fingerprint density at radius 1 is 1.16 bits per heavy atom. The van der Waals surface area contributed by atoms with E-state index in [4.69, 9.17) is 18.7 Å². The average molecular weight is 441 g/mol. The van der Waals surface area contributed by atoms with Crippen LogP contribution in [0.1, 0.15) is 35.8 Å². The Kier molecular flexibility index (Phi) is 6.07. The van der Waals surface area contributed by atoms with E-state index in [9.17, 15) is 4.79 Å². The SMILES string of the molecule is COc1cc(CC(=O)N2CCC[C@@H]2c2nn(C)cc2-c2cc(C)no2)cc(OC)c1OC. The molecule has 2 aromatic heterocycles. The number of hydrogen-bond donors (Lipinski definition) is 0. The highest BCUT2D eigenvalue weighted by Crippen LogP contribution is 2.40. The van der Waals surface area contributed by atoms with Crippen LogP contribution in [0.5, 0.6) is 17.2 Å². The van der Waals surface area contributed by atoms with E-state index >= 15 is 0 Å². The maximum Gasteiger partial charge on any atom is 0.227 e. The predicted molar refractivity (Wildman–Crippen MR) is 117 cm³/mol. The molecule has 32 heavy (non-hydrogen) atoms. The minimum Gasteiger partial charge on any atom is -0.493 e. The molecule has 1 aliphatic rings. The third-order valence-corrected chi connectivity index (χ3v) is 5.72. The van der Waals surface area contributed by atoms with Crippen LogP contribution in [0.3, 0.4) is 0 Å². The summed E-state index contributed by atoms with van der Waals surface area (Å²) >= 11 is 0. The van der Waals surface area contributed by atoms with Gasteiger partial charge in [0.15, 0.2) is 17.3 Å². The number of methoxy groups -OCH3 is 3. The van der Waals surface area contributed by atoms with Crippen LogP contribution in [-0.2, 0) is 18.3 Å². The minimum atomic E-state index is -0.119. The van der Waals surface area contributed by atoms with E-state index in [2.05, 4.69) is 10.3 Å². The standard InChI is InChI=1S/C23H28N4O5/c1-14-9-18(32-25-14)16-13-26(2)24-22(16)17-7-6-8-27(17)21(28)12-15-10-19(29-3)23(31-5)20(11-15)30-4/h9-11,13,17H,6-8,12H2,1-5H3/t17-/m1/s1. The molecule has 0 radical (unpaired) electrons. The van der Waals surface area contributed by atoms with Gasteiger partial charge in [0.25, 0.3) is 0 Å². The molecule has 1 fully saturated rings. The van der Waals surface area contributed by atoms with Crippen molar-refractivity contribution in [1.82, 2.24) is 19.8 Å². The number of carbonyl (C=O) groups is 1. The predicted octanol–water partition coefficient (Wildman–Crippen LogP) is 3.32. The van der Waals surface area contributed by atoms with Crippen LogP contribution < -0.4 is 14.2 Å². The highest BCUT2D eigenvalue weighted by molar-refractivity contribution is 5.80. The summed E-state index contributed by atoms with van der Waals surface area (Å²) in [6.45, 7) is 2.56. The summed E-state index contributed by atoms with van der Waals surface area (Å²) in [6, 6.07) is 5.39. The number of rotatable bonds is 7. The number of carbonyl (C=O) groups excluding carboxylic acids is 1. The van der Waals surface area contributed by atoms with Crippen LogP contribution in [0.2, 0.25) is 0 Å². The molecule has 1 aromatic carbocycles. The van der Waals surface area contributed by atoms with Crippen molar-refractivity contribution in [2.24, 2.45) is 7.05 Å². The molecule has 0 N–H and O–H groups in total. The maximum absolute atomic E-state index is 13.4. The van der Waals surface area contributed by atoms with Crippen LogP contribution in [-0.4, -0.2) is 53.6 Å². The van der Waals surface area contributed by atoms with Gasteiger partial charge < -0.3 is 23.6 Å². The first-order chi connectivity index (χ1) is 15.4. The van der Waals surface area contributed by atoms with E-state index < -0.39 is 0 Å². The van der Waals surface area contributed by atoms with E-state index in [1.54, 1.807) is 26.0 Å². The Morgan fingerprint density at radius 2 is 1.88 bits per heavy atom. The fourth-order valence-electron chi connectivity index (χ4n) is 4.30. The number of hydrogen-bond acceptors (Lipinski definition) is 7. The number of amides is 1. The Labute approximate surface area is 186 Å². The number of ether oxygens (including phenoxy) is 3. The van der Waals surface area contributed by atoms with Gasteiger partial charge in [0, 0.05) is 25.9 Å². The molecule has 170 valence electrons. The van der Waals surface area contributed by atoms with Crippen molar-refractivity contribution in [1.29, 1.82) is 0 Å². The second kappa shape index (κ2) is 8.94. The van der Waals surface area contributed by atoms with Gasteiger partial charge in [0.05, 0.1) is 50.7 Å². The lowest BCUT2D eigenvalue weighted by Gasteiger charge is -2.24. The molecule has 0 saturated carbocycles. The number of benzene rings is 1. The number of aryl methyl sites for hydroxylation is 2. The average Bonchev–Trinajstić information content (AvgIpc) is 3.52. The lowest BCUT2D eigenvalue weighted by Crippen LogP contribution is -2.32. The molecule has 9 heteroatoms. The molecule has 3 aromatic rings. The molecule has 0 aliphatic carbocycles. The molecule has 0 bridgehead atoms. The van der Waals surface area contributed by atoms with Crippen molar-refractivity contribution in [3.8, 4) is 28.6 Å². The fourth-order valence-corrected chi connectivity index (χ4v) is 4.30. The molecule has 0 unspecified atom stereocenters. The quantitative estimate of drug-likeness (QED) is 0.556. The third-order valence-electron chi connectivity index (χ3n) is 5.72. The molecule has 9 nitrogen and oxygen atoms in total. The molecule has 0 spiro atoms. The van der Waals surface area contributed by atoms with Crippen molar-refractivity contribution in [3.63, 3.8) is 0 Å². The van der Waals surface area contributed by atoms with Crippen LogP contribution in [0.4, 0.5) is 0 Å². The molecule has 3 heterocycles. The largest absolute Gasteiger partial charge is 0.493 e. The lowest BCUT2D eigenvalue weighted by molar-refractivity contribution is -0.131. The summed E-state index contributed by atoms with van der Waals surface area (Å²) in [5.74, 6) is 2.24. The highest BCUT2D eigenvalue weighted by Gasteiger charge is 2.34. The van der Waals surface area contributed by atoms with Gasteiger partial charge in [-0.3, -0.25) is 9.48 Å². The van der Waals surface area contributed by atoms with Gasteiger partial charge in [-0.1, -0.05) is 5.16 Å². The molecule has 1 saturated heterocycles. The molecule has 1 aliphatic heterocycles. The number of aromatic nitrogens is 3. The topological polar surface area (TPSA) is 91.9 Å². The summed E-state index contributed by atoms with van der Waals surface area (Å²) in [4.78, 5) is 15.3. The minimum absolute atomic E-state index is 0.0205. The summed E-state index contributed by atoms with van der Waals surface area (Å²) in [5, 5.41) is 8.67. The molecule has 1 amide bonds. The van der Waals surface area contributed by atoms with Crippen molar-refractivity contribution in [2.75, 3.05) is 27.9 Å². The summed E-state index contributed by atoms with van der Waals surface area (Å²) in [6.07, 6.45) is 3.89. The second-order valence-corrected chi connectivity index (χ2v) is 7.89. The molecular formula is C23H28N4O5. The van der Waals surface area contributed by atoms with Crippen molar-refractivity contribution >= 4 is 5.91 Å². The zero-order chi connectivity index (χ0) is 22.8. The number of likely N-dealkylation sites (tertiary alicyclic amines) is 1. The van der Waals surface area contributed by atoms with Gasteiger partial charge in [-0.25, -0.2) is 0 Å². The smallest absolute Gasteiger partial charge is 0.227 e. The van der Waals surface area contributed by atoms with Gasteiger partial charge in [0.1, 0.15) is 0 Å². The summed E-state index contributed by atoms with van der Waals surface area (Å²) in [5.41, 5.74) is 3.30. The van der Waals surface area contributed by atoms with Crippen molar-refractivity contribution < 1.29 is 23.5 Å². The van der Waals surface area contributed by atoms with Crippen molar-refractivity contribution in [3.05, 3.63) is 41.3 Å². The van der Waals surface area contributed by atoms with Gasteiger partial charge in [-0.2, -0.15) is 5.10 Å². The Balaban J connectivity index is 1.61.